The van der Waals surface area contributed by atoms with E-state index in [9.17, 15) is 4.79 Å². The third kappa shape index (κ3) is 22.8. The van der Waals surface area contributed by atoms with Crippen LogP contribution in [0.2, 0.25) is 0 Å². The van der Waals surface area contributed by atoms with Crippen LogP contribution < -0.4 is 0 Å². The molecule has 1 rings (SSSR count). The van der Waals surface area contributed by atoms with Crippen molar-refractivity contribution in [2.75, 3.05) is 21.0 Å². The minimum atomic E-state index is -0.981. The lowest BCUT2D eigenvalue weighted by Gasteiger charge is -1.87. The van der Waals surface area contributed by atoms with Crippen LogP contribution in [0.25, 0.3) is 0 Å². The van der Waals surface area contributed by atoms with Crippen LogP contribution in [0.15, 0.2) is 49.1 Å². The van der Waals surface area contributed by atoms with Gasteiger partial charge in [-0.15, -0.1) is 0 Å². The van der Waals surface area contributed by atoms with E-state index in [1.165, 1.54) is 0 Å². The number of ether oxygens (including phenoxy) is 2. The van der Waals surface area contributed by atoms with Crippen molar-refractivity contribution in [2.45, 2.75) is 0 Å². The summed E-state index contributed by atoms with van der Waals surface area (Å²) < 4.78 is 8.94. The Morgan fingerprint density at radius 3 is 1.44 bits per heavy atom. The first kappa shape index (κ1) is 16.8. The van der Waals surface area contributed by atoms with E-state index in [1.807, 2.05) is 36.4 Å². The molecular formula is C12H18O4. The minimum Gasteiger partial charge on any atom is -0.478 e. The second-order valence-corrected chi connectivity index (χ2v) is 2.39. The van der Waals surface area contributed by atoms with E-state index in [1.54, 1.807) is 14.2 Å². The molecule has 0 unspecified atom stereocenters. The largest absolute Gasteiger partial charge is 0.478 e. The monoisotopic (exact) mass is 226 g/mol. The Hall–Kier alpha value is -1.65. The number of methoxy groups -OCH3 is 2. The number of carboxylic acids is 1. The van der Waals surface area contributed by atoms with E-state index in [0.717, 1.165) is 6.08 Å². The van der Waals surface area contributed by atoms with Crippen LogP contribution in [-0.2, 0) is 14.3 Å². The summed E-state index contributed by atoms with van der Waals surface area (Å²) in [4.78, 5) is 9.25. The SMILES string of the molecule is C=CC(=O)O.COCOC.c1ccccc1. The maximum Gasteiger partial charge on any atom is 0.327 e. The topological polar surface area (TPSA) is 55.8 Å². The van der Waals surface area contributed by atoms with Gasteiger partial charge in [0.1, 0.15) is 6.79 Å². The molecule has 90 valence electrons. The van der Waals surface area contributed by atoms with Crippen molar-refractivity contribution in [2.24, 2.45) is 0 Å². The lowest BCUT2D eigenvalue weighted by Crippen LogP contribution is -1.87. The van der Waals surface area contributed by atoms with Crippen LogP contribution in [0.4, 0.5) is 0 Å². The Morgan fingerprint density at radius 2 is 1.38 bits per heavy atom. The molecule has 0 amide bonds. The first-order valence-corrected chi connectivity index (χ1v) is 4.52. The summed E-state index contributed by atoms with van der Waals surface area (Å²) in [5.41, 5.74) is 0. The van der Waals surface area contributed by atoms with Crippen LogP contribution in [0.1, 0.15) is 0 Å². The predicted molar refractivity (Wildman–Crippen MR) is 63.2 cm³/mol. The molecule has 0 spiro atoms. The molecule has 0 aliphatic heterocycles. The molecule has 0 aromatic heterocycles. The molecule has 1 aromatic carbocycles. The number of benzene rings is 1. The normalized spacial score (nSPS) is 7.62. The zero-order chi connectivity index (χ0) is 12.6. The molecule has 0 heterocycles. The summed E-state index contributed by atoms with van der Waals surface area (Å²) in [6.07, 6.45) is 0.833. The van der Waals surface area contributed by atoms with Crippen molar-refractivity contribution >= 4 is 5.97 Å². The lowest BCUT2D eigenvalue weighted by atomic mass is 10.4. The average Bonchev–Trinajstić information content (AvgIpc) is 2.34. The number of rotatable bonds is 3. The summed E-state index contributed by atoms with van der Waals surface area (Å²) in [5.74, 6) is -0.981. The van der Waals surface area contributed by atoms with E-state index in [4.69, 9.17) is 5.11 Å². The zero-order valence-electron chi connectivity index (χ0n) is 9.63. The van der Waals surface area contributed by atoms with Crippen molar-refractivity contribution in [1.82, 2.24) is 0 Å². The van der Waals surface area contributed by atoms with Gasteiger partial charge in [0, 0.05) is 20.3 Å². The van der Waals surface area contributed by atoms with E-state index in [2.05, 4.69) is 16.1 Å². The molecule has 4 nitrogen and oxygen atoms in total. The summed E-state index contributed by atoms with van der Waals surface area (Å²) in [6.45, 7) is 3.35. The van der Waals surface area contributed by atoms with Gasteiger partial charge in [0.05, 0.1) is 0 Å². The van der Waals surface area contributed by atoms with Gasteiger partial charge in [0.15, 0.2) is 0 Å². The fourth-order valence-electron chi connectivity index (χ4n) is 0.503. The predicted octanol–water partition coefficient (Wildman–Crippen LogP) is 2.18. The molecular weight excluding hydrogens is 208 g/mol. The van der Waals surface area contributed by atoms with Crippen molar-refractivity contribution in [3.8, 4) is 0 Å². The van der Waals surface area contributed by atoms with Gasteiger partial charge in [-0.2, -0.15) is 0 Å². The van der Waals surface area contributed by atoms with Crippen molar-refractivity contribution in [3.63, 3.8) is 0 Å². The van der Waals surface area contributed by atoms with E-state index in [-0.39, 0.29) is 0 Å². The van der Waals surface area contributed by atoms with Gasteiger partial charge < -0.3 is 14.6 Å². The fraction of sp³-hybridized carbons (Fsp3) is 0.250. The Morgan fingerprint density at radius 1 is 1.12 bits per heavy atom. The highest BCUT2D eigenvalue weighted by Gasteiger charge is 1.73. The molecule has 0 fully saturated rings. The standard InChI is InChI=1S/C6H6.C3H8O2.C3H4O2/c1-2-4-6-5-3-1;1-4-3-5-2;1-2-3(4)5/h1-6H;3H2,1-2H3;2H,1H2,(H,4,5). The molecule has 0 aliphatic rings. The molecule has 0 saturated carbocycles. The molecule has 0 atom stereocenters. The third-order valence-corrected chi connectivity index (χ3v) is 1.08. The molecule has 0 saturated heterocycles. The van der Waals surface area contributed by atoms with Crippen LogP contribution in [0, 0.1) is 0 Å². The number of carbonyl (C=O) groups is 1. The van der Waals surface area contributed by atoms with Gasteiger partial charge >= 0.3 is 5.97 Å². The second kappa shape index (κ2) is 15.8. The fourth-order valence-corrected chi connectivity index (χ4v) is 0.503. The summed E-state index contributed by atoms with van der Waals surface area (Å²) >= 11 is 0. The lowest BCUT2D eigenvalue weighted by molar-refractivity contribution is -0.131. The number of aliphatic carboxylic acids is 1. The van der Waals surface area contributed by atoms with Gasteiger partial charge in [-0.3, -0.25) is 0 Å². The van der Waals surface area contributed by atoms with E-state index in [0.29, 0.717) is 6.79 Å². The zero-order valence-corrected chi connectivity index (χ0v) is 9.63. The van der Waals surface area contributed by atoms with Crippen molar-refractivity contribution in [3.05, 3.63) is 49.1 Å². The Labute approximate surface area is 96.1 Å². The average molecular weight is 226 g/mol. The highest BCUT2D eigenvalue weighted by Crippen LogP contribution is 1.79. The van der Waals surface area contributed by atoms with Gasteiger partial charge in [-0.25, -0.2) is 4.79 Å². The van der Waals surface area contributed by atoms with Gasteiger partial charge in [0.2, 0.25) is 0 Å². The Kier molecular flexibility index (Phi) is 16.6. The Bertz CT molecular complexity index is 218. The molecule has 0 bridgehead atoms. The second-order valence-electron chi connectivity index (χ2n) is 2.39. The first-order chi connectivity index (χ1) is 7.68. The molecule has 0 radical (unpaired) electrons. The molecule has 1 N–H and O–H groups in total. The van der Waals surface area contributed by atoms with Gasteiger partial charge in [-0.05, 0) is 0 Å². The van der Waals surface area contributed by atoms with Crippen molar-refractivity contribution in [1.29, 1.82) is 0 Å². The van der Waals surface area contributed by atoms with Crippen molar-refractivity contribution < 1.29 is 19.4 Å². The highest BCUT2D eigenvalue weighted by atomic mass is 16.6. The van der Waals surface area contributed by atoms with Crippen LogP contribution in [0.5, 0.6) is 0 Å². The molecule has 16 heavy (non-hydrogen) atoms. The van der Waals surface area contributed by atoms with Crippen LogP contribution in [-0.4, -0.2) is 32.1 Å². The van der Waals surface area contributed by atoms with Gasteiger partial charge in [-0.1, -0.05) is 43.0 Å². The van der Waals surface area contributed by atoms with E-state index < -0.39 is 5.97 Å². The van der Waals surface area contributed by atoms with Crippen LogP contribution >= 0.6 is 0 Å². The maximum atomic E-state index is 9.25. The quantitative estimate of drug-likeness (QED) is 0.634. The summed E-state index contributed by atoms with van der Waals surface area (Å²) in [6, 6.07) is 12.0. The molecule has 1 aromatic rings. The highest BCUT2D eigenvalue weighted by molar-refractivity contribution is 5.78. The number of hydrogen-bond acceptors (Lipinski definition) is 3. The molecule has 4 heteroatoms. The van der Waals surface area contributed by atoms with E-state index >= 15 is 0 Å². The Balaban J connectivity index is 0. The minimum absolute atomic E-state index is 0.389. The first-order valence-electron chi connectivity index (χ1n) is 4.52. The summed E-state index contributed by atoms with van der Waals surface area (Å²) in [7, 11) is 3.17. The smallest absolute Gasteiger partial charge is 0.327 e. The maximum absolute atomic E-state index is 9.25. The third-order valence-electron chi connectivity index (χ3n) is 1.08. The number of carboxylic acid groups (broad SMARTS) is 1. The molecule has 0 aliphatic carbocycles. The summed E-state index contributed by atoms with van der Waals surface area (Å²) in [5, 5.41) is 7.60. The van der Waals surface area contributed by atoms with Crippen LogP contribution in [0.3, 0.4) is 0 Å². The van der Waals surface area contributed by atoms with Gasteiger partial charge in [0.25, 0.3) is 0 Å². The number of hydrogen-bond donors (Lipinski definition) is 1.